The van der Waals surface area contributed by atoms with E-state index < -0.39 is 0 Å². The quantitative estimate of drug-likeness (QED) is 0.886. The van der Waals surface area contributed by atoms with Crippen molar-refractivity contribution in [2.75, 3.05) is 12.4 Å². The van der Waals surface area contributed by atoms with Gasteiger partial charge in [0.1, 0.15) is 10.8 Å². The molecule has 0 saturated heterocycles. The van der Waals surface area contributed by atoms with Gasteiger partial charge in [-0.25, -0.2) is 4.98 Å². The number of anilines is 1. The van der Waals surface area contributed by atoms with Gasteiger partial charge in [-0.3, -0.25) is 4.79 Å². The standard InChI is InChI=1S/C16H20N2O2S/c1-11(8-13-6-4-5-7-14(13)20-3)9-15(19)18-16-12(2)17-10-21-16/h4-7,10-11H,8-9H2,1-3H3,(H,18,19)/t11-/m0/s1. The van der Waals surface area contributed by atoms with Crippen molar-refractivity contribution in [1.29, 1.82) is 0 Å². The molecule has 0 radical (unpaired) electrons. The minimum atomic E-state index is 0.0322. The van der Waals surface area contributed by atoms with Crippen LogP contribution in [0.15, 0.2) is 29.8 Å². The molecule has 1 amide bonds. The van der Waals surface area contributed by atoms with Crippen LogP contribution < -0.4 is 10.1 Å². The Morgan fingerprint density at radius 1 is 1.43 bits per heavy atom. The van der Waals surface area contributed by atoms with Crippen molar-refractivity contribution in [3.05, 3.63) is 41.0 Å². The van der Waals surface area contributed by atoms with Crippen LogP contribution in [0.2, 0.25) is 0 Å². The molecule has 0 fully saturated rings. The molecule has 1 aromatic heterocycles. The van der Waals surface area contributed by atoms with Crippen molar-refractivity contribution in [3.63, 3.8) is 0 Å². The molecule has 1 heterocycles. The molecule has 0 bridgehead atoms. The van der Waals surface area contributed by atoms with Crippen molar-refractivity contribution in [2.24, 2.45) is 5.92 Å². The molecule has 2 rings (SSSR count). The Morgan fingerprint density at radius 2 is 2.19 bits per heavy atom. The number of methoxy groups -OCH3 is 1. The normalized spacial score (nSPS) is 12.0. The zero-order valence-corrected chi connectivity index (χ0v) is 13.4. The summed E-state index contributed by atoms with van der Waals surface area (Å²) in [5.74, 6) is 1.15. The maximum atomic E-state index is 12.1. The first-order chi connectivity index (χ1) is 10.1. The molecule has 1 atom stereocenters. The summed E-state index contributed by atoms with van der Waals surface area (Å²) in [6.45, 7) is 3.97. The molecule has 0 saturated carbocycles. The Labute approximate surface area is 129 Å². The third-order valence-corrected chi connectivity index (χ3v) is 4.14. The summed E-state index contributed by atoms with van der Waals surface area (Å²) >= 11 is 1.45. The molecule has 1 N–H and O–H groups in total. The van der Waals surface area contributed by atoms with Gasteiger partial charge in [-0.15, -0.1) is 11.3 Å². The van der Waals surface area contributed by atoms with E-state index in [2.05, 4.69) is 17.2 Å². The molecule has 5 heteroatoms. The number of rotatable bonds is 6. The van der Waals surface area contributed by atoms with Gasteiger partial charge in [-0.2, -0.15) is 0 Å². The van der Waals surface area contributed by atoms with E-state index in [0.717, 1.165) is 28.4 Å². The Hall–Kier alpha value is -1.88. The lowest BCUT2D eigenvalue weighted by atomic mass is 9.97. The van der Waals surface area contributed by atoms with Gasteiger partial charge >= 0.3 is 0 Å². The largest absolute Gasteiger partial charge is 0.496 e. The highest BCUT2D eigenvalue weighted by molar-refractivity contribution is 7.14. The van der Waals surface area contributed by atoms with Crippen molar-refractivity contribution in [2.45, 2.75) is 26.7 Å². The number of carbonyl (C=O) groups is 1. The molecule has 2 aromatic rings. The van der Waals surface area contributed by atoms with E-state index in [4.69, 9.17) is 4.74 Å². The first-order valence-electron chi connectivity index (χ1n) is 6.92. The van der Waals surface area contributed by atoms with Crippen LogP contribution in [0.3, 0.4) is 0 Å². The fraction of sp³-hybridized carbons (Fsp3) is 0.375. The second-order valence-corrected chi connectivity index (χ2v) is 6.00. The first-order valence-corrected chi connectivity index (χ1v) is 7.80. The highest BCUT2D eigenvalue weighted by atomic mass is 32.1. The maximum Gasteiger partial charge on any atom is 0.225 e. The number of hydrogen-bond donors (Lipinski definition) is 1. The van der Waals surface area contributed by atoms with E-state index in [0.29, 0.717) is 6.42 Å². The Kier molecular flexibility index (Phi) is 5.33. The number of amides is 1. The Balaban J connectivity index is 1.91. The minimum absolute atomic E-state index is 0.0322. The smallest absolute Gasteiger partial charge is 0.225 e. The van der Waals surface area contributed by atoms with Crippen LogP contribution >= 0.6 is 11.3 Å². The molecular weight excluding hydrogens is 284 g/mol. The van der Waals surface area contributed by atoms with E-state index in [-0.39, 0.29) is 11.8 Å². The number of carbonyl (C=O) groups excluding carboxylic acids is 1. The predicted octanol–water partition coefficient (Wildman–Crippen LogP) is 3.67. The third kappa shape index (κ3) is 4.29. The summed E-state index contributed by atoms with van der Waals surface area (Å²) in [6, 6.07) is 7.93. The second-order valence-electron chi connectivity index (χ2n) is 5.14. The topological polar surface area (TPSA) is 51.2 Å². The molecule has 1 aromatic carbocycles. The zero-order chi connectivity index (χ0) is 15.2. The van der Waals surface area contributed by atoms with E-state index in [9.17, 15) is 4.79 Å². The van der Waals surface area contributed by atoms with Gasteiger partial charge in [0, 0.05) is 6.42 Å². The number of benzene rings is 1. The average Bonchev–Trinajstić information content (AvgIpc) is 2.84. The van der Waals surface area contributed by atoms with Crippen LogP contribution in [-0.4, -0.2) is 18.0 Å². The second kappa shape index (κ2) is 7.22. The van der Waals surface area contributed by atoms with Crippen LogP contribution in [0.4, 0.5) is 5.00 Å². The van der Waals surface area contributed by atoms with Gasteiger partial charge in [-0.05, 0) is 30.9 Å². The third-order valence-electron chi connectivity index (χ3n) is 3.29. The number of aryl methyl sites for hydroxylation is 1. The maximum absolute atomic E-state index is 12.1. The summed E-state index contributed by atoms with van der Waals surface area (Å²) in [5, 5.41) is 3.76. The van der Waals surface area contributed by atoms with E-state index in [1.54, 1.807) is 12.6 Å². The van der Waals surface area contributed by atoms with Crippen LogP contribution in [0, 0.1) is 12.8 Å². The number of ether oxygens (including phenoxy) is 1. The molecule has 112 valence electrons. The number of para-hydroxylation sites is 1. The number of aromatic nitrogens is 1. The molecule has 0 aliphatic carbocycles. The van der Waals surface area contributed by atoms with Crippen molar-refractivity contribution in [1.82, 2.24) is 4.98 Å². The van der Waals surface area contributed by atoms with Crippen LogP contribution in [0.5, 0.6) is 5.75 Å². The summed E-state index contributed by atoms with van der Waals surface area (Å²) in [4.78, 5) is 16.2. The molecule has 0 aliphatic heterocycles. The number of hydrogen-bond acceptors (Lipinski definition) is 4. The van der Waals surface area contributed by atoms with E-state index >= 15 is 0 Å². The van der Waals surface area contributed by atoms with Gasteiger partial charge in [-0.1, -0.05) is 25.1 Å². The first kappa shape index (κ1) is 15.5. The molecule has 21 heavy (non-hydrogen) atoms. The average molecular weight is 304 g/mol. The predicted molar refractivity (Wildman–Crippen MR) is 86.0 cm³/mol. The van der Waals surface area contributed by atoms with Crippen LogP contribution in [-0.2, 0) is 11.2 Å². The van der Waals surface area contributed by atoms with Gasteiger partial charge in [0.15, 0.2) is 0 Å². The minimum Gasteiger partial charge on any atom is -0.496 e. The van der Waals surface area contributed by atoms with Crippen molar-refractivity contribution >= 4 is 22.2 Å². The van der Waals surface area contributed by atoms with E-state index in [1.807, 2.05) is 31.2 Å². The SMILES string of the molecule is COc1ccccc1C[C@H](C)CC(=O)Nc1scnc1C. The Bertz CT molecular complexity index is 610. The number of thiazole rings is 1. The molecule has 0 spiro atoms. The summed E-state index contributed by atoms with van der Waals surface area (Å²) < 4.78 is 5.35. The Morgan fingerprint density at radius 3 is 2.86 bits per heavy atom. The van der Waals surface area contributed by atoms with Gasteiger partial charge in [0.2, 0.25) is 5.91 Å². The van der Waals surface area contributed by atoms with Gasteiger partial charge in [0.25, 0.3) is 0 Å². The van der Waals surface area contributed by atoms with Crippen LogP contribution in [0.1, 0.15) is 24.6 Å². The lowest BCUT2D eigenvalue weighted by Crippen LogP contribution is -2.16. The molecular formula is C16H20N2O2S. The van der Waals surface area contributed by atoms with Crippen molar-refractivity contribution < 1.29 is 9.53 Å². The lowest BCUT2D eigenvalue weighted by molar-refractivity contribution is -0.116. The monoisotopic (exact) mass is 304 g/mol. The number of nitrogens with one attached hydrogen (secondary N) is 1. The molecule has 0 unspecified atom stereocenters. The van der Waals surface area contributed by atoms with E-state index in [1.165, 1.54) is 11.3 Å². The highest BCUT2D eigenvalue weighted by Gasteiger charge is 2.13. The fourth-order valence-corrected chi connectivity index (χ4v) is 2.95. The fourth-order valence-electron chi connectivity index (χ4n) is 2.24. The molecule has 4 nitrogen and oxygen atoms in total. The number of nitrogens with zero attached hydrogens (tertiary/aromatic N) is 1. The summed E-state index contributed by atoms with van der Waals surface area (Å²) in [6.07, 6.45) is 1.30. The van der Waals surface area contributed by atoms with Crippen LogP contribution in [0.25, 0.3) is 0 Å². The summed E-state index contributed by atoms with van der Waals surface area (Å²) in [5.41, 5.74) is 3.74. The van der Waals surface area contributed by atoms with Crippen molar-refractivity contribution in [3.8, 4) is 5.75 Å². The van der Waals surface area contributed by atoms with Gasteiger partial charge < -0.3 is 10.1 Å². The zero-order valence-electron chi connectivity index (χ0n) is 12.6. The van der Waals surface area contributed by atoms with Gasteiger partial charge in [0.05, 0.1) is 18.3 Å². The summed E-state index contributed by atoms with van der Waals surface area (Å²) in [7, 11) is 1.67. The molecule has 0 aliphatic rings. The highest BCUT2D eigenvalue weighted by Crippen LogP contribution is 2.23. The lowest BCUT2D eigenvalue weighted by Gasteiger charge is -2.13.